The van der Waals surface area contributed by atoms with Crippen molar-refractivity contribution in [1.29, 1.82) is 0 Å². The number of sulfone groups is 2. The Bertz CT molecular complexity index is 935. The van der Waals surface area contributed by atoms with E-state index in [-0.39, 0.29) is 26.3 Å². The van der Waals surface area contributed by atoms with Gasteiger partial charge in [-0.05, 0) is 18.2 Å². The predicted molar refractivity (Wildman–Crippen MR) is 86.6 cm³/mol. The van der Waals surface area contributed by atoms with E-state index in [1.807, 2.05) is 0 Å². The Morgan fingerprint density at radius 2 is 1.39 bits per heavy atom. The summed E-state index contributed by atoms with van der Waals surface area (Å²) in [5, 5.41) is 18.2. The monoisotopic (exact) mass is 359 g/mol. The first-order valence-corrected chi connectivity index (χ1v) is 10.0. The van der Waals surface area contributed by atoms with Gasteiger partial charge in [-0.1, -0.05) is 12.1 Å². The van der Waals surface area contributed by atoms with Crippen LogP contribution in [-0.2, 0) is 19.7 Å². The highest BCUT2D eigenvalue weighted by molar-refractivity contribution is 7.92. The van der Waals surface area contributed by atoms with Crippen molar-refractivity contribution in [2.45, 2.75) is 9.79 Å². The summed E-state index contributed by atoms with van der Waals surface area (Å²) >= 11 is 0. The molecule has 2 rings (SSSR count). The second-order valence-electron chi connectivity index (χ2n) is 4.96. The smallest absolute Gasteiger partial charge is 0.181 e. The zero-order valence-electron chi connectivity index (χ0n) is 12.1. The molecule has 23 heavy (non-hydrogen) atoms. The molecule has 4 N–H and O–H groups in total. The van der Waals surface area contributed by atoms with Gasteiger partial charge in [0.1, 0.15) is 0 Å². The molecule has 0 aliphatic heterocycles. The third-order valence-electron chi connectivity index (χ3n) is 3.33. The van der Waals surface area contributed by atoms with E-state index in [1.54, 1.807) is 0 Å². The Morgan fingerprint density at radius 3 is 1.96 bits per heavy atom. The van der Waals surface area contributed by atoms with Crippen LogP contribution < -0.4 is 5.73 Å². The number of hydrogen-bond acceptors (Lipinski definition) is 7. The lowest BCUT2D eigenvalue weighted by molar-refractivity contribution is 0.319. The molecule has 0 unspecified atom stereocenters. The van der Waals surface area contributed by atoms with Crippen LogP contribution in [0.1, 0.15) is 0 Å². The minimum Gasteiger partial charge on any atom is -0.399 e. The van der Waals surface area contributed by atoms with Crippen molar-refractivity contribution in [3.63, 3.8) is 0 Å². The van der Waals surface area contributed by atoms with E-state index >= 15 is 0 Å². The molecule has 0 atom stereocenters. The maximum atomic E-state index is 12.3. The second kappa shape index (κ2) is 6.44. The van der Waals surface area contributed by atoms with Gasteiger partial charge in [-0.3, -0.25) is 0 Å². The molecule has 9 heteroatoms. The fraction of sp³-hybridized carbons (Fsp3) is 0.286. The van der Waals surface area contributed by atoms with E-state index in [9.17, 15) is 16.8 Å². The van der Waals surface area contributed by atoms with Crippen molar-refractivity contribution in [1.82, 2.24) is 0 Å². The van der Waals surface area contributed by atoms with Gasteiger partial charge in [-0.2, -0.15) is 0 Å². The Balaban J connectivity index is 2.86. The number of nitrogen functional groups attached to an aromatic ring is 1. The van der Waals surface area contributed by atoms with E-state index in [2.05, 4.69) is 0 Å². The van der Waals surface area contributed by atoms with E-state index in [0.29, 0.717) is 0 Å². The number of hydrogen-bond donors (Lipinski definition) is 3. The Morgan fingerprint density at radius 1 is 0.826 bits per heavy atom. The molecule has 0 aromatic heterocycles. The highest BCUT2D eigenvalue weighted by atomic mass is 32.2. The molecule has 2 aromatic carbocycles. The summed E-state index contributed by atoms with van der Waals surface area (Å²) in [6.45, 7) is -1.10. The SMILES string of the molecule is Nc1cc(S(=O)(=O)CCO)c2cccc(S(=O)(=O)CCO)c2c1. The number of rotatable bonds is 6. The largest absolute Gasteiger partial charge is 0.399 e. The molecule has 0 amide bonds. The van der Waals surface area contributed by atoms with Crippen molar-refractivity contribution in [3.8, 4) is 0 Å². The Kier molecular flexibility index (Phi) is 4.95. The van der Waals surface area contributed by atoms with Crippen LogP contribution in [0, 0.1) is 0 Å². The number of aliphatic hydroxyl groups excluding tert-OH is 2. The van der Waals surface area contributed by atoms with E-state index in [1.165, 1.54) is 30.3 Å². The zero-order valence-corrected chi connectivity index (χ0v) is 13.8. The van der Waals surface area contributed by atoms with Crippen LogP contribution in [0.15, 0.2) is 40.1 Å². The molecule has 126 valence electrons. The lowest BCUT2D eigenvalue weighted by Crippen LogP contribution is -2.13. The lowest BCUT2D eigenvalue weighted by atomic mass is 10.1. The van der Waals surface area contributed by atoms with E-state index < -0.39 is 44.4 Å². The highest BCUT2D eigenvalue weighted by Gasteiger charge is 2.22. The Labute approximate surface area is 134 Å². The molecule has 0 radical (unpaired) electrons. The summed E-state index contributed by atoms with van der Waals surface area (Å²) in [6.07, 6.45) is 0. The van der Waals surface area contributed by atoms with Crippen molar-refractivity contribution >= 4 is 36.1 Å². The first-order valence-electron chi connectivity index (χ1n) is 6.72. The number of nitrogens with two attached hydrogens (primary N) is 1. The third kappa shape index (κ3) is 3.47. The first-order chi connectivity index (χ1) is 10.7. The first kappa shape index (κ1) is 17.7. The van der Waals surface area contributed by atoms with Gasteiger partial charge >= 0.3 is 0 Å². The van der Waals surface area contributed by atoms with Gasteiger partial charge in [0.05, 0.1) is 34.5 Å². The molecular formula is C14H17NO6S2. The Hall–Kier alpha value is -1.68. The summed E-state index contributed by atoms with van der Waals surface area (Å²) in [6, 6.07) is 6.89. The van der Waals surface area contributed by atoms with Gasteiger partial charge in [0, 0.05) is 16.5 Å². The third-order valence-corrected chi connectivity index (χ3v) is 6.80. The zero-order chi connectivity index (χ0) is 17.3. The normalized spacial score (nSPS) is 12.6. The summed E-state index contributed by atoms with van der Waals surface area (Å²) in [7, 11) is -7.59. The molecule has 0 saturated carbocycles. The molecule has 0 fully saturated rings. The summed E-state index contributed by atoms with van der Waals surface area (Å²) in [4.78, 5) is -0.209. The molecule has 7 nitrogen and oxygen atoms in total. The average molecular weight is 359 g/mol. The molecule has 0 heterocycles. The summed E-state index contributed by atoms with van der Waals surface area (Å²) < 4.78 is 49.1. The van der Waals surface area contributed by atoms with Gasteiger partial charge in [-0.15, -0.1) is 0 Å². The number of aliphatic hydroxyl groups is 2. The van der Waals surface area contributed by atoms with E-state index in [4.69, 9.17) is 15.9 Å². The number of fused-ring (bicyclic) bond motifs is 1. The molecule has 0 spiro atoms. The molecule has 0 bridgehead atoms. The van der Waals surface area contributed by atoms with Crippen LogP contribution in [0.4, 0.5) is 5.69 Å². The van der Waals surface area contributed by atoms with Crippen LogP contribution >= 0.6 is 0 Å². The molecular weight excluding hydrogens is 342 g/mol. The number of benzene rings is 2. The predicted octanol–water partition coefficient (Wildman–Crippen LogP) is -0.0460. The quantitative estimate of drug-likeness (QED) is 0.616. The van der Waals surface area contributed by atoms with Gasteiger partial charge in [0.25, 0.3) is 0 Å². The summed E-state index contributed by atoms with van der Waals surface area (Å²) in [5.41, 5.74) is 5.83. The van der Waals surface area contributed by atoms with Crippen molar-refractivity contribution in [2.75, 3.05) is 30.5 Å². The van der Waals surface area contributed by atoms with Crippen molar-refractivity contribution in [3.05, 3.63) is 30.3 Å². The molecule has 0 aliphatic carbocycles. The van der Waals surface area contributed by atoms with Crippen LogP contribution in [0.5, 0.6) is 0 Å². The highest BCUT2D eigenvalue weighted by Crippen LogP contribution is 2.32. The lowest BCUT2D eigenvalue weighted by Gasteiger charge is -2.12. The second-order valence-corrected chi connectivity index (χ2v) is 9.11. The average Bonchev–Trinajstić information content (AvgIpc) is 2.45. The topological polar surface area (TPSA) is 135 Å². The molecule has 2 aromatic rings. The van der Waals surface area contributed by atoms with Gasteiger partial charge < -0.3 is 15.9 Å². The number of anilines is 1. The van der Waals surface area contributed by atoms with Crippen LogP contribution in [0.3, 0.4) is 0 Å². The van der Waals surface area contributed by atoms with Crippen molar-refractivity contribution < 1.29 is 27.0 Å². The maximum Gasteiger partial charge on any atom is 0.181 e. The van der Waals surface area contributed by atoms with Crippen LogP contribution in [0.2, 0.25) is 0 Å². The van der Waals surface area contributed by atoms with Gasteiger partial charge in [-0.25, -0.2) is 16.8 Å². The summed E-state index contributed by atoms with van der Waals surface area (Å²) in [5.74, 6) is -0.960. The standard InChI is InChI=1S/C14H17NO6S2/c15-10-8-12-11(14(9-10)23(20,21)7-5-17)2-1-3-13(12)22(18,19)6-4-16/h1-3,8-9,16-17H,4-7,15H2. The minimum atomic E-state index is -3.81. The maximum absolute atomic E-state index is 12.3. The van der Waals surface area contributed by atoms with E-state index in [0.717, 1.165) is 0 Å². The molecule has 0 aliphatic rings. The van der Waals surface area contributed by atoms with Gasteiger partial charge in [0.15, 0.2) is 19.7 Å². The van der Waals surface area contributed by atoms with Crippen molar-refractivity contribution in [2.24, 2.45) is 0 Å². The fourth-order valence-corrected chi connectivity index (χ4v) is 4.87. The van der Waals surface area contributed by atoms with Crippen LogP contribution in [0.25, 0.3) is 10.8 Å². The van der Waals surface area contributed by atoms with Gasteiger partial charge in [0.2, 0.25) is 0 Å². The fourth-order valence-electron chi connectivity index (χ4n) is 2.33. The minimum absolute atomic E-state index is 0.0863. The van der Waals surface area contributed by atoms with Crippen LogP contribution in [-0.4, -0.2) is 51.8 Å². The molecule has 0 saturated heterocycles.